The predicted molar refractivity (Wildman–Crippen MR) is 167 cm³/mol. The van der Waals surface area contributed by atoms with E-state index >= 15 is 0 Å². The fourth-order valence-corrected chi connectivity index (χ4v) is 16.0. The second-order valence-electron chi connectivity index (χ2n) is 15.1. The lowest BCUT2D eigenvalue weighted by molar-refractivity contribution is 0.0235. The Morgan fingerprint density at radius 3 is 2.05 bits per heavy atom. The number of fused-ring (bicyclic) bond motifs is 2. The third kappa shape index (κ3) is 3.99. The van der Waals surface area contributed by atoms with Crippen LogP contribution in [0.1, 0.15) is 96.2 Å². The van der Waals surface area contributed by atoms with Gasteiger partial charge in [-0.2, -0.15) is 0 Å². The fourth-order valence-electron chi connectivity index (χ4n) is 9.87. The average molecular weight is 519 g/mol. The van der Waals surface area contributed by atoms with Gasteiger partial charge in [-0.25, -0.2) is 10.0 Å². The molecule has 0 radical (unpaired) electrons. The highest BCUT2D eigenvalue weighted by atomic mass is 32.3. The van der Waals surface area contributed by atoms with Crippen LogP contribution >= 0.6 is 10.0 Å². The molecule has 0 saturated heterocycles. The molecule has 5 rings (SSSR count). The molecule has 2 aromatic carbocycles. The first kappa shape index (κ1) is 27.4. The summed E-state index contributed by atoms with van der Waals surface area (Å²) in [5, 5.41) is 1.39. The van der Waals surface area contributed by atoms with Gasteiger partial charge in [-0.15, -0.1) is 0 Å². The molecule has 7 unspecified atom stereocenters. The molecule has 0 aromatic heterocycles. The van der Waals surface area contributed by atoms with Gasteiger partial charge < -0.3 is 0 Å². The molecular weight excluding hydrogens is 464 g/mol. The second kappa shape index (κ2) is 9.18. The van der Waals surface area contributed by atoms with Gasteiger partial charge >= 0.3 is 0 Å². The molecule has 0 aliphatic heterocycles. The number of benzene rings is 2. The number of rotatable bonds is 3. The Kier molecular flexibility index (Phi) is 6.79. The van der Waals surface area contributed by atoms with Crippen molar-refractivity contribution in [3.05, 3.63) is 58.7 Å². The molecular formula is C36H54S. The molecule has 0 bridgehead atoms. The zero-order chi connectivity index (χ0) is 27.1. The van der Waals surface area contributed by atoms with Crippen LogP contribution in [0.4, 0.5) is 0 Å². The van der Waals surface area contributed by atoms with Gasteiger partial charge in [0.15, 0.2) is 0 Å². The normalized spacial score (nSPS) is 35.1. The Hall–Kier alpha value is -1.21. The number of hydrogen-bond acceptors (Lipinski definition) is 0. The SMILES string of the molecule is CC1C(C)C(C)C(C)(C)C(S(C)(C)C2c3cc4c(c(-c5ccccc5)c3CC(C)C2(C)C)CCC4)C1C. The topological polar surface area (TPSA) is 0 Å². The quantitative estimate of drug-likeness (QED) is 0.379. The lowest BCUT2D eigenvalue weighted by atomic mass is 9.57. The summed E-state index contributed by atoms with van der Waals surface area (Å²) < 4.78 is 0. The van der Waals surface area contributed by atoms with Gasteiger partial charge in [0.1, 0.15) is 0 Å². The zero-order valence-corrected chi connectivity index (χ0v) is 26.6. The van der Waals surface area contributed by atoms with E-state index in [4.69, 9.17) is 0 Å². The van der Waals surface area contributed by atoms with E-state index in [-0.39, 0.29) is 5.41 Å². The Morgan fingerprint density at radius 2 is 1.41 bits per heavy atom. The van der Waals surface area contributed by atoms with Crippen molar-refractivity contribution in [3.63, 3.8) is 0 Å². The maximum absolute atomic E-state index is 2.76. The minimum absolute atomic E-state index is 0.290. The molecule has 0 nitrogen and oxygen atoms in total. The standard InChI is InChI=1S/C36H54S/c1-22-20-30-31(21-28-18-15-19-29(28)32(30)27-16-13-12-14-17-27)34(35(22,6)7)37(10,11)33-25(4)23(2)24(3)26(5)36(33,8)9/h12-14,16-17,21-26,33-34H,15,18-20H2,1-11H3. The highest BCUT2D eigenvalue weighted by Crippen LogP contribution is 2.75. The summed E-state index contributed by atoms with van der Waals surface area (Å²) in [6.45, 7) is 23.4. The first-order chi connectivity index (χ1) is 17.2. The summed E-state index contributed by atoms with van der Waals surface area (Å²) in [4.78, 5) is 0. The molecule has 204 valence electrons. The largest absolute Gasteiger partial charge is 0.236 e. The molecule has 3 aliphatic rings. The smallest absolute Gasteiger partial charge is 0.0195 e. The Bertz CT molecular complexity index is 1150. The van der Waals surface area contributed by atoms with Crippen molar-refractivity contribution in [2.45, 2.75) is 98.5 Å². The molecule has 37 heavy (non-hydrogen) atoms. The monoisotopic (exact) mass is 518 g/mol. The van der Waals surface area contributed by atoms with Crippen molar-refractivity contribution in [2.24, 2.45) is 40.4 Å². The third-order valence-corrected chi connectivity index (χ3v) is 16.9. The summed E-state index contributed by atoms with van der Waals surface area (Å²) in [5.74, 6) is 3.75. The van der Waals surface area contributed by atoms with Gasteiger partial charge in [0, 0.05) is 5.25 Å². The minimum Gasteiger partial charge on any atom is -0.236 e. The van der Waals surface area contributed by atoms with Crippen LogP contribution in [0.25, 0.3) is 11.1 Å². The van der Waals surface area contributed by atoms with Crippen LogP contribution in [0.5, 0.6) is 0 Å². The fraction of sp³-hybridized carbons (Fsp3) is 0.667. The Morgan fingerprint density at radius 1 is 0.757 bits per heavy atom. The van der Waals surface area contributed by atoms with Gasteiger partial charge in [-0.3, -0.25) is 0 Å². The van der Waals surface area contributed by atoms with Crippen LogP contribution in [0.3, 0.4) is 0 Å². The molecule has 0 spiro atoms. The van der Waals surface area contributed by atoms with E-state index in [2.05, 4.69) is 111 Å². The average Bonchev–Trinajstić information content (AvgIpc) is 3.29. The van der Waals surface area contributed by atoms with E-state index < -0.39 is 10.0 Å². The van der Waals surface area contributed by atoms with Crippen LogP contribution in [0.15, 0.2) is 36.4 Å². The maximum Gasteiger partial charge on any atom is 0.0195 e. The predicted octanol–water partition coefficient (Wildman–Crippen LogP) is 10.1. The summed E-state index contributed by atoms with van der Waals surface area (Å²) in [5.41, 5.74) is 10.5. The van der Waals surface area contributed by atoms with Gasteiger partial charge in [-0.1, -0.05) is 98.7 Å². The summed E-state index contributed by atoms with van der Waals surface area (Å²) >= 11 is 0. The van der Waals surface area contributed by atoms with Gasteiger partial charge in [0.25, 0.3) is 0 Å². The van der Waals surface area contributed by atoms with Crippen molar-refractivity contribution in [1.82, 2.24) is 0 Å². The summed E-state index contributed by atoms with van der Waals surface area (Å²) in [7, 11) is -1.00. The van der Waals surface area contributed by atoms with E-state index in [1.165, 1.54) is 31.2 Å². The molecule has 7 atom stereocenters. The molecule has 1 saturated carbocycles. The minimum atomic E-state index is -1.00. The van der Waals surface area contributed by atoms with Gasteiger partial charge in [0.2, 0.25) is 0 Å². The molecule has 3 aliphatic carbocycles. The lowest BCUT2D eigenvalue weighted by Gasteiger charge is -2.66. The van der Waals surface area contributed by atoms with E-state index in [1.54, 1.807) is 27.8 Å². The highest BCUT2D eigenvalue weighted by molar-refractivity contribution is 8.33. The van der Waals surface area contributed by atoms with Crippen LogP contribution in [-0.4, -0.2) is 17.8 Å². The second-order valence-corrected chi connectivity index (χ2v) is 19.0. The number of aryl methyl sites for hydroxylation is 1. The van der Waals surface area contributed by atoms with Crippen molar-refractivity contribution in [2.75, 3.05) is 12.5 Å². The van der Waals surface area contributed by atoms with Crippen molar-refractivity contribution in [1.29, 1.82) is 0 Å². The molecule has 0 N–H and O–H groups in total. The number of hydrogen-bond donors (Lipinski definition) is 0. The molecule has 2 aromatic rings. The van der Waals surface area contributed by atoms with E-state index in [0.29, 0.717) is 16.6 Å². The molecule has 1 fully saturated rings. The van der Waals surface area contributed by atoms with E-state index in [9.17, 15) is 0 Å². The van der Waals surface area contributed by atoms with Crippen LogP contribution in [-0.2, 0) is 19.3 Å². The van der Waals surface area contributed by atoms with Gasteiger partial charge in [0.05, 0.1) is 0 Å². The van der Waals surface area contributed by atoms with Crippen LogP contribution < -0.4 is 0 Å². The zero-order valence-electron chi connectivity index (χ0n) is 25.7. The van der Waals surface area contributed by atoms with Gasteiger partial charge in [-0.05, 0) is 117 Å². The first-order valence-corrected chi connectivity index (χ1v) is 17.7. The third-order valence-electron chi connectivity index (χ3n) is 12.4. The van der Waals surface area contributed by atoms with Crippen molar-refractivity contribution < 1.29 is 0 Å². The highest BCUT2D eigenvalue weighted by Gasteiger charge is 2.57. The maximum atomic E-state index is 2.76. The molecule has 1 heteroatoms. The van der Waals surface area contributed by atoms with E-state index in [0.717, 1.165) is 28.9 Å². The van der Waals surface area contributed by atoms with Crippen molar-refractivity contribution in [3.8, 4) is 11.1 Å². The Balaban J connectivity index is 1.76. The Labute approximate surface area is 230 Å². The lowest BCUT2D eigenvalue weighted by Crippen LogP contribution is -2.55. The summed E-state index contributed by atoms with van der Waals surface area (Å²) in [6.07, 6.45) is 10.6. The van der Waals surface area contributed by atoms with Crippen molar-refractivity contribution >= 4 is 10.0 Å². The van der Waals surface area contributed by atoms with E-state index in [1.807, 2.05) is 0 Å². The first-order valence-electron chi connectivity index (χ1n) is 15.2. The molecule has 0 amide bonds. The molecule has 0 heterocycles. The van der Waals surface area contributed by atoms with Crippen LogP contribution in [0.2, 0.25) is 0 Å². The van der Waals surface area contributed by atoms with Crippen LogP contribution in [0, 0.1) is 40.4 Å². The summed E-state index contributed by atoms with van der Waals surface area (Å²) in [6, 6.07) is 14.2.